The molecule has 0 saturated carbocycles. The molecule has 1 N–H and O–H groups in total. The predicted octanol–water partition coefficient (Wildman–Crippen LogP) is 7.42. The number of thioether (sulfide) groups is 1. The SMILES string of the molecule is CCCCCCOc1c(Br)cc(C2C(C(=O)OC)=C(C)Nc3nc(SCc4ccccc4Cl)nn32)cc1OC. The van der Waals surface area contributed by atoms with E-state index in [1.165, 1.54) is 25.3 Å². The summed E-state index contributed by atoms with van der Waals surface area (Å²) in [4.78, 5) is 17.7. The molecule has 0 fully saturated rings. The lowest BCUT2D eigenvalue weighted by Crippen LogP contribution is -2.29. The lowest BCUT2D eigenvalue weighted by molar-refractivity contribution is -0.136. The number of unbranched alkanes of at least 4 members (excludes halogenated alkanes) is 3. The molecule has 3 aromatic rings. The van der Waals surface area contributed by atoms with Gasteiger partial charge in [0.25, 0.3) is 0 Å². The number of carbonyl (C=O) groups is 1. The third-order valence-corrected chi connectivity index (χ3v) is 8.21. The molecule has 2 aromatic carbocycles. The minimum atomic E-state index is -0.598. The zero-order valence-corrected chi connectivity index (χ0v) is 25.6. The molecule has 8 nitrogen and oxygen atoms in total. The number of methoxy groups -OCH3 is 2. The van der Waals surface area contributed by atoms with Crippen LogP contribution in [-0.2, 0) is 15.3 Å². The van der Waals surface area contributed by atoms with E-state index in [4.69, 9.17) is 35.9 Å². The van der Waals surface area contributed by atoms with Gasteiger partial charge in [0.05, 0.1) is 30.9 Å². The Hall–Kier alpha value is -2.69. The molecular formula is C28H32BrClN4O4S. The number of ether oxygens (including phenoxy) is 3. The molecule has 39 heavy (non-hydrogen) atoms. The van der Waals surface area contributed by atoms with E-state index in [1.807, 2.05) is 43.3 Å². The number of nitrogens with one attached hydrogen (secondary N) is 1. The third kappa shape index (κ3) is 6.73. The van der Waals surface area contributed by atoms with Crippen LogP contribution in [0.3, 0.4) is 0 Å². The molecule has 1 unspecified atom stereocenters. The van der Waals surface area contributed by atoms with Crippen LogP contribution in [0.25, 0.3) is 0 Å². The average molecular weight is 636 g/mol. The Balaban J connectivity index is 1.68. The summed E-state index contributed by atoms with van der Waals surface area (Å²) in [6.45, 7) is 4.60. The third-order valence-electron chi connectivity index (χ3n) is 6.36. The summed E-state index contributed by atoms with van der Waals surface area (Å²) in [5.74, 6) is 1.86. The fourth-order valence-corrected chi connectivity index (χ4v) is 6.06. The summed E-state index contributed by atoms with van der Waals surface area (Å²) in [6, 6.07) is 10.9. The van der Waals surface area contributed by atoms with Crippen molar-refractivity contribution in [3.8, 4) is 11.5 Å². The normalized spacial score (nSPS) is 14.6. The van der Waals surface area contributed by atoms with Crippen LogP contribution in [0.1, 0.15) is 56.7 Å². The molecule has 1 aromatic heterocycles. The summed E-state index contributed by atoms with van der Waals surface area (Å²) in [7, 11) is 2.97. The highest BCUT2D eigenvalue weighted by atomic mass is 79.9. The Morgan fingerprint density at radius 2 is 2.00 bits per heavy atom. The molecule has 4 rings (SSSR count). The van der Waals surface area contributed by atoms with Crippen molar-refractivity contribution in [2.75, 3.05) is 26.1 Å². The lowest BCUT2D eigenvalue weighted by atomic mass is 9.95. The second-order valence-electron chi connectivity index (χ2n) is 9.04. The molecule has 0 amide bonds. The maximum atomic E-state index is 13.0. The topological polar surface area (TPSA) is 87.5 Å². The van der Waals surface area contributed by atoms with Gasteiger partial charge in [0.15, 0.2) is 11.5 Å². The van der Waals surface area contributed by atoms with Crippen LogP contribution in [0.4, 0.5) is 5.95 Å². The summed E-state index contributed by atoms with van der Waals surface area (Å²) < 4.78 is 19.4. The fraction of sp³-hybridized carbons (Fsp3) is 0.393. The van der Waals surface area contributed by atoms with E-state index in [2.05, 4.69) is 28.2 Å². The number of aromatic nitrogens is 3. The number of fused-ring (bicyclic) bond motifs is 1. The van der Waals surface area contributed by atoms with Crippen molar-refractivity contribution in [3.63, 3.8) is 0 Å². The molecule has 1 atom stereocenters. The molecular weight excluding hydrogens is 604 g/mol. The number of rotatable bonds is 12. The molecule has 11 heteroatoms. The van der Waals surface area contributed by atoms with E-state index in [1.54, 1.807) is 11.8 Å². The first-order valence-electron chi connectivity index (χ1n) is 12.8. The van der Waals surface area contributed by atoms with E-state index in [0.717, 1.165) is 34.9 Å². The predicted molar refractivity (Wildman–Crippen MR) is 158 cm³/mol. The van der Waals surface area contributed by atoms with Gasteiger partial charge < -0.3 is 19.5 Å². The van der Waals surface area contributed by atoms with Crippen LogP contribution in [-0.4, -0.2) is 41.6 Å². The van der Waals surface area contributed by atoms with E-state index >= 15 is 0 Å². The maximum Gasteiger partial charge on any atom is 0.338 e. The highest BCUT2D eigenvalue weighted by Gasteiger charge is 2.36. The van der Waals surface area contributed by atoms with Gasteiger partial charge in [-0.3, -0.25) is 0 Å². The van der Waals surface area contributed by atoms with Gasteiger partial charge in [-0.05, 0) is 58.6 Å². The molecule has 0 aliphatic carbocycles. The van der Waals surface area contributed by atoms with Crippen LogP contribution in [0, 0.1) is 0 Å². The van der Waals surface area contributed by atoms with Crippen LogP contribution in [0.15, 0.2) is 57.3 Å². The highest BCUT2D eigenvalue weighted by Crippen LogP contribution is 2.43. The molecule has 0 radical (unpaired) electrons. The van der Waals surface area contributed by atoms with Gasteiger partial charge in [0, 0.05) is 16.5 Å². The zero-order valence-electron chi connectivity index (χ0n) is 22.4. The van der Waals surface area contributed by atoms with Gasteiger partial charge in [-0.15, -0.1) is 5.10 Å². The molecule has 0 saturated heterocycles. The molecule has 208 valence electrons. The van der Waals surface area contributed by atoms with Crippen molar-refractivity contribution in [2.45, 2.75) is 56.5 Å². The first kappa shape index (κ1) is 29.3. The van der Waals surface area contributed by atoms with Crippen molar-refractivity contribution in [2.24, 2.45) is 0 Å². The Morgan fingerprint density at radius 1 is 1.21 bits per heavy atom. The first-order valence-corrected chi connectivity index (χ1v) is 14.9. The van der Waals surface area contributed by atoms with E-state index in [9.17, 15) is 4.79 Å². The number of carbonyl (C=O) groups excluding carboxylic acids is 1. The number of nitrogens with zero attached hydrogens (tertiary/aromatic N) is 3. The smallest absolute Gasteiger partial charge is 0.338 e. The lowest BCUT2D eigenvalue weighted by Gasteiger charge is -2.28. The van der Waals surface area contributed by atoms with Gasteiger partial charge in [0.1, 0.15) is 6.04 Å². The minimum Gasteiger partial charge on any atom is -0.493 e. The molecule has 0 bridgehead atoms. The standard InChI is InChI=1S/C28H32BrClN4O4S/c1-5-6-7-10-13-38-25-20(29)14-19(15-22(25)36-3)24-23(26(35)37-4)17(2)31-27-32-28(33-34(24)27)39-16-18-11-8-9-12-21(18)30/h8-9,11-12,14-15,24H,5-7,10,13,16H2,1-4H3,(H,31,32,33). The minimum absolute atomic E-state index is 0.430. The summed E-state index contributed by atoms with van der Waals surface area (Å²) in [5, 5.41) is 9.24. The van der Waals surface area contributed by atoms with Crippen LogP contribution in [0.2, 0.25) is 5.02 Å². The van der Waals surface area contributed by atoms with Crippen LogP contribution >= 0.6 is 39.3 Å². The second kappa shape index (κ2) is 13.6. The Morgan fingerprint density at radius 3 is 2.72 bits per heavy atom. The van der Waals surface area contributed by atoms with Crippen molar-refractivity contribution in [1.29, 1.82) is 0 Å². The Labute approximate surface area is 246 Å². The fourth-order valence-electron chi connectivity index (χ4n) is 4.37. The van der Waals surface area contributed by atoms with E-state index in [0.29, 0.717) is 51.3 Å². The van der Waals surface area contributed by atoms with Gasteiger partial charge in [-0.1, -0.05) is 67.7 Å². The van der Waals surface area contributed by atoms with Gasteiger partial charge in [-0.2, -0.15) is 4.98 Å². The number of halogens is 2. The number of benzene rings is 2. The number of hydrogen-bond acceptors (Lipinski definition) is 8. The van der Waals surface area contributed by atoms with Crippen LogP contribution < -0.4 is 14.8 Å². The van der Waals surface area contributed by atoms with Crippen molar-refractivity contribution >= 4 is 51.2 Å². The average Bonchev–Trinajstić information content (AvgIpc) is 3.34. The number of allylic oxidation sites excluding steroid dienone is 1. The zero-order chi connectivity index (χ0) is 27.9. The molecule has 0 spiro atoms. The van der Waals surface area contributed by atoms with Crippen LogP contribution in [0.5, 0.6) is 11.5 Å². The van der Waals surface area contributed by atoms with E-state index < -0.39 is 12.0 Å². The first-order chi connectivity index (χ1) is 18.9. The molecule has 2 heterocycles. The molecule has 1 aliphatic rings. The van der Waals surface area contributed by atoms with Crippen molar-refractivity contribution < 1.29 is 19.0 Å². The van der Waals surface area contributed by atoms with Gasteiger partial charge in [-0.25, -0.2) is 9.48 Å². The second-order valence-corrected chi connectivity index (χ2v) is 11.2. The van der Waals surface area contributed by atoms with Crippen molar-refractivity contribution in [3.05, 3.63) is 68.3 Å². The van der Waals surface area contributed by atoms with Gasteiger partial charge in [0.2, 0.25) is 11.1 Å². The molecule has 1 aliphatic heterocycles. The van der Waals surface area contributed by atoms with Gasteiger partial charge >= 0.3 is 5.97 Å². The van der Waals surface area contributed by atoms with Crippen molar-refractivity contribution in [1.82, 2.24) is 14.8 Å². The summed E-state index contributed by atoms with van der Waals surface area (Å²) >= 11 is 11.5. The summed E-state index contributed by atoms with van der Waals surface area (Å²) in [5.41, 5.74) is 2.83. The monoisotopic (exact) mass is 634 g/mol. The number of anilines is 1. The maximum absolute atomic E-state index is 13.0. The Kier molecular flexibility index (Phi) is 10.2. The highest BCUT2D eigenvalue weighted by molar-refractivity contribution is 9.10. The quantitative estimate of drug-likeness (QED) is 0.125. The number of hydrogen-bond donors (Lipinski definition) is 1. The summed E-state index contributed by atoms with van der Waals surface area (Å²) in [6.07, 6.45) is 4.42. The number of esters is 1. The van der Waals surface area contributed by atoms with E-state index in [-0.39, 0.29) is 0 Å². The largest absolute Gasteiger partial charge is 0.493 e. The Bertz CT molecular complexity index is 1360.